The van der Waals surface area contributed by atoms with Crippen molar-refractivity contribution in [2.45, 2.75) is 6.92 Å². The Hall–Kier alpha value is -2.24. The van der Waals surface area contributed by atoms with Crippen LogP contribution in [0.5, 0.6) is 0 Å². The van der Waals surface area contributed by atoms with E-state index < -0.39 is 5.97 Å². The summed E-state index contributed by atoms with van der Waals surface area (Å²) in [6, 6.07) is 11.4. The van der Waals surface area contributed by atoms with Crippen LogP contribution in [0.4, 0.5) is 11.4 Å². The van der Waals surface area contributed by atoms with Crippen LogP contribution in [0.1, 0.15) is 17.3 Å². The molecule has 24 heavy (non-hydrogen) atoms. The molecule has 0 saturated heterocycles. The Balaban J connectivity index is 1.89. The van der Waals surface area contributed by atoms with E-state index in [1.165, 1.54) is 0 Å². The van der Waals surface area contributed by atoms with E-state index in [0.717, 1.165) is 0 Å². The fourth-order valence-corrected chi connectivity index (χ4v) is 2.47. The lowest BCUT2D eigenvalue weighted by Crippen LogP contribution is -2.21. The van der Waals surface area contributed by atoms with Crippen LogP contribution >= 0.6 is 23.2 Å². The molecule has 2 N–H and O–H groups in total. The van der Waals surface area contributed by atoms with Crippen molar-refractivity contribution in [2.75, 3.05) is 23.8 Å². The molecular formula is C17H16Cl2N2O3. The van der Waals surface area contributed by atoms with Crippen LogP contribution in [0.3, 0.4) is 0 Å². The van der Waals surface area contributed by atoms with Gasteiger partial charge < -0.3 is 15.4 Å². The number of anilines is 2. The second-order valence-corrected chi connectivity index (χ2v) is 5.73. The minimum atomic E-state index is -0.394. The predicted molar refractivity (Wildman–Crippen MR) is 96.0 cm³/mol. The van der Waals surface area contributed by atoms with Gasteiger partial charge in [-0.05, 0) is 49.4 Å². The van der Waals surface area contributed by atoms with Crippen molar-refractivity contribution in [1.82, 2.24) is 0 Å². The molecule has 0 aromatic heterocycles. The van der Waals surface area contributed by atoms with E-state index >= 15 is 0 Å². The van der Waals surface area contributed by atoms with Gasteiger partial charge in [0.05, 0.1) is 18.7 Å². The lowest BCUT2D eigenvalue weighted by molar-refractivity contribution is -0.114. The number of hydrogen-bond acceptors (Lipinski definition) is 4. The summed E-state index contributed by atoms with van der Waals surface area (Å²) >= 11 is 11.8. The van der Waals surface area contributed by atoms with E-state index in [-0.39, 0.29) is 12.5 Å². The summed E-state index contributed by atoms with van der Waals surface area (Å²) < 4.78 is 4.90. The zero-order valence-corrected chi connectivity index (χ0v) is 14.4. The van der Waals surface area contributed by atoms with Crippen molar-refractivity contribution < 1.29 is 14.3 Å². The smallest absolute Gasteiger partial charge is 0.338 e. The molecule has 1 amide bonds. The highest BCUT2D eigenvalue weighted by Crippen LogP contribution is 2.22. The number of hydrogen-bond donors (Lipinski definition) is 2. The average Bonchev–Trinajstić information content (AvgIpc) is 2.53. The van der Waals surface area contributed by atoms with Gasteiger partial charge in [0.15, 0.2) is 0 Å². The molecule has 0 aliphatic carbocycles. The number of ether oxygens (including phenoxy) is 1. The number of benzene rings is 2. The van der Waals surface area contributed by atoms with Crippen LogP contribution in [0.15, 0.2) is 42.5 Å². The van der Waals surface area contributed by atoms with Crippen LogP contribution in [-0.4, -0.2) is 25.0 Å². The first-order chi connectivity index (χ1) is 11.5. The monoisotopic (exact) mass is 366 g/mol. The molecule has 0 saturated carbocycles. The zero-order chi connectivity index (χ0) is 17.5. The highest BCUT2D eigenvalue weighted by atomic mass is 35.5. The molecule has 2 rings (SSSR count). The molecule has 2 aromatic rings. The predicted octanol–water partition coefficient (Wildman–Crippen LogP) is 4.22. The summed E-state index contributed by atoms with van der Waals surface area (Å²) in [4.78, 5) is 23.5. The Morgan fingerprint density at radius 2 is 1.62 bits per heavy atom. The van der Waals surface area contributed by atoms with Gasteiger partial charge in [-0.3, -0.25) is 4.79 Å². The summed E-state index contributed by atoms with van der Waals surface area (Å²) in [5, 5.41) is 6.63. The Morgan fingerprint density at radius 1 is 1.00 bits per heavy atom. The standard InChI is InChI=1S/C17H16Cl2N2O3/c1-2-24-17(23)11-3-5-14(6-4-11)21-16(22)10-20-15-8-12(18)7-13(19)9-15/h3-9,20H,2,10H2,1H3,(H,21,22). The Kier molecular flexibility index (Phi) is 6.46. The SMILES string of the molecule is CCOC(=O)c1ccc(NC(=O)CNc2cc(Cl)cc(Cl)c2)cc1. The van der Waals surface area contributed by atoms with Crippen LogP contribution in [0, 0.1) is 0 Å². The minimum absolute atomic E-state index is 0.0519. The molecule has 0 fully saturated rings. The van der Waals surface area contributed by atoms with E-state index in [1.54, 1.807) is 49.4 Å². The maximum absolute atomic E-state index is 11.9. The maximum Gasteiger partial charge on any atom is 0.338 e. The molecule has 0 atom stereocenters. The Morgan fingerprint density at radius 3 is 2.21 bits per heavy atom. The van der Waals surface area contributed by atoms with Gasteiger partial charge in [-0.2, -0.15) is 0 Å². The summed E-state index contributed by atoms with van der Waals surface area (Å²) in [7, 11) is 0. The van der Waals surface area contributed by atoms with Gasteiger partial charge in [-0.25, -0.2) is 4.79 Å². The third kappa shape index (κ3) is 5.44. The molecule has 0 heterocycles. The molecule has 0 aliphatic rings. The number of carbonyl (C=O) groups is 2. The molecule has 2 aromatic carbocycles. The number of rotatable bonds is 6. The van der Waals surface area contributed by atoms with E-state index in [1.807, 2.05) is 0 Å². The first-order valence-corrected chi connectivity index (χ1v) is 8.00. The van der Waals surface area contributed by atoms with Crippen LogP contribution < -0.4 is 10.6 Å². The van der Waals surface area contributed by atoms with Gasteiger partial charge >= 0.3 is 5.97 Å². The molecule has 5 nitrogen and oxygen atoms in total. The number of amides is 1. The van der Waals surface area contributed by atoms with Crippen molar-refractivity contribution in [1.29, 1.82) is 0 Å². The second kappa shape index (κ2) is 8.57. The van der Waals surface area contributed by atoms with E-state index in [2.05, 4.69) is 10.6 Å². The topological polar surface area (TPSA) is 67.4 Å². The summed E-state index contributed by atoms with van der Waals surface area (Å²) in [6.45, 7) is 2.11. The minimum Gasteiger partial charge on any atom is -0.462 e. The van der Waals surface area contributed by atoms with Gasteiger partial charge in [0, 0.05) is 21.4 Å². The first kappa shape index (κ1) is 18.1. The molecule has 0 bridgehead atoms. The van der Waals surface area contributed by atoms with Crippen LogP contribution in [0.2, 0.25) is 10.0 Å². The van der Waals surface area contributed by atoms with Crippen molar-refractivity contribution in [3.8, 4) is 0 Å². The molecule has 7 heteroatoms. The zero-order valence-electron chi connectivity index (χ0n) is 12.9. The lowest BCUT2D eigenvalue weighted by atomic mass is 10.2. The number of halogens is 2. The van der Waals surface area contributed by atoms with Gasteiger partial charge in [0.1, 0.15) is 0 Å². The summed E-state index contributed by atoms with van der Waals surface area (Å²) in [5.74, 6) is -0.634. The van der Waals surface area contributed by atoms with E-state index in [9.17, 15) is 9.59 Å². The number of carbonyl (C=O) groups excluding carboxylic acids is 2. The van der Waals surface area contributed by atoms with Crippen LogP contribution in [-0.2, 0) is 9.53 Å². The molecule has 0 radical (unpaired) electrons. The van der Waals surface area contributed by atoms with Crippen molar-refractivity contribution in [2.24, 2.45) is 0 Å². The molecule has 0 spiro atoms. The van der Waals surface area contributed by atoms with Crippen molar-refractivity contribution >= 4 is 46.5 Å². The van der Waals surface area contributed by atoms with Gasteiger partial charge in [-0.15, -0.1) is 0 Å². The molecular weight excluding hydrogens is 351 g/mol. The van der Waals surface area contributed by atoms with Gasteiger partial charge in [0.25, 0.3) is 0 Å². The molecule has 0 aliphatic heterocycles. The van der Waals surface area contributed by atoms with Gasteiger partial charge in [0.2, 0.25) is 5.91 Å². The summed E-state index contributed by atoms with van der Waals surface area (Å²) in [5.41, 5.74) is 1.67. The fraction of sp³-hybridized carbons (Fsp3) is 0.176. The lowest BCUT2D eigenvalue weighted by Gasteiger charge is -2.09. The first-order valence-electron chi connectivity index (χ1n) is 7.25. The van der Waals surface area contributed by atoms with E-state index in [0.29, 0.717) is 33.6 Å². The highest BCUT2D eigenvalue weighted by Gasteiger charge is 2.07. The second-order valence-electron chi connectivity index (χ2n) is 4.86. The fourth-order valence-electron chi connectivity index (χ4n) is 1.95. The average molecular weight is 367 g/mol. The normalized spacial score (nSPS) is 10.1. The maximum atomic E-state index is 11.9. The Bertz CT molecular complexity index is 713. The summed E-state index contributed by atoms with van der Waals surface area (Å²) in [6.07, 6.45) is 0. The van der Waals surface area contributed by atoms with Gasteiger partial charge in [-0.1, -0.05) is 23.2 Å². The molecule has 126 valence electrons. The van der Waals surface area contributed by atoms with Crippen LogP contribution in [0.25, 0.3) is 0 Å². The largest absolute Gasteiger partial charge is 0.462 e. The third-order valence-electron chi connectivity index (χ3n) is 3.00. The molecule has 0 unspecified atom stereocenters. The third-order valence-corrected chi connectivity index (χ3v) is 3.43. The van der Waals surface area contributed by atoms with E-state index in [4.69, 9.17) is 27.9 Å². The number of esters is 1. The van der Waals surface area contributed by atoms with Crippen molar-refractivity contribution in [3.05, 3.63) is 58.1 Å². The van der Waals surface area contributed by atoms with Crippen molar-refractivity contribution in [3.63, 3.8) is 0 Å². The number of nitrogens with one attached hydrogen (secondary N) is 2. The Labute approximate surface area is 149 Å². The quantitative estimate of drug-likeness (QED) is 0.751. The highest BCUT2D eigenvalue weighted by molar-refractivity contribution is 6.35.